The number of fused-ring (bicyclic) bond motifs is 1. The van der Waals surface area contributed by atoms with Crippen LogP contribution in [0.3, 0.4) is 0 Å². The number of hydrogen-bond donors (Lipinski definition) is 4. The van der Waals surface area contributed by atoms with E-state index in [1.165, 1.54) is 4.57 Å². The summed E-state index contributed by atoms with van der Waals surface area (Å²) < 4.78 is 6.82. The molecule has 136 valence electrons. The lowest BCUT2D eigenvalue weighted by molar-refractivity contribution is -0.0458. The number of ether oxygens (including phenoxy) is 1. The van der Waals surface area contributed by atoms with Crippen LogP contribution in [-0.2, 0) is 11.3 Å². The van der Waals surface area contributed by atoms with Crippen molar-refractivity contribution in [1.29, 1.82) is 0 Å². The van der Waals surface area contributed by atoms with Crippen molar-refractivity contribution in [3.05, 3.63) is 58.8 Å². The van der Waals surface area contributed by atoms with Crippen LogP contribution >= 0.6 is 0 Å². The number of nitrogens with zero attached hydrogens (tertiary/aromatic N) is 2. The van der Waals surface area contributed by atoms with Crippen LogP contribution in [0.25, 0.3) is 10.9 Å². The van der Waals surface area contributed by atoms with Gasteiger partial charge in [0.15, 0.2) is 0 Å². The van der Waals surface area contributed by atoms with Crippen LogP contribution in [0.1, 0.15) is 18.2 Å². The number of nitrogens with one attached hydrogen (secondary N) is 2. The van der Waals surface area contributed by atoms with Crippen LogP contribution in [0.4, 0.5) is 5.82 Å². The molecule has 1 fully saturated rings. The molecule has 8 heteroatoms. The highest BCUT2D eigenvalue weighted by Gasteiger charge is 2.34. The van der Waals surface area contributed by atoms with Gasteiger partial charge in [0.05, 0.1) is 12.7 Å². The number of aromatic amines is 1. The first-order valence-electron chi connectivity index (χ1n) is 8.47. The summed E-state index contributed by atoms with van der Waals surface area (Å²) in [6, 6.07) is 9.81. The van der Waals surface area contributed by atoms with Gasteiger partial charge < -0.3 is 25.3 Å². The normalized spacial score (nSPS) is 22.8. The maximum Gasteiger partial charge on any atom is 0.351 e. The van der Waals surface area contributed by atoms with E-state index in [-0.39, 0.29) is 13.0 Å². The average Bonchev–Trinajstić information content (AvgIpc) is 3.25. The number of hydrogen-bond acceptors (Lipinski definition) is 6. The Morgan fingerprint density at radius 3 is 3.00 bits per heavy atom. The molecule has 0 aliphatic carbocycles. The summed E-state index contributed by atoms with van der Waals surface area (Å²) >= 11 is 0. The molecule has 2 aromatic heterocycles. The molecule has 0 bridgehead atoms. The SMILES string of the molecule is O=c1nc(NCc2ccc3cc[nH]c3c2)ccn1[C@H]1C[C@H](O)[C@@H](CO)O1. The third kappa shape index (κ3) is 3.22. The smallest absolute Gasteiger partial charge is 0.351 e. The third-order valence-corrected chi connectivity index (χ3v) is 4.62. The molecule has 1 aromatic carbocycles. The van der Waals surface area contributed by atoms with E-state index in [1.54, 1.807) is 12.3 Å². The minimum atomic E-state index is -0.794. The van der Waals surface area contributed by atoms with Crippen molar-refractivity contribution in [2.45, 2.75) is 31.4 Å². The maximum absolute atomic E-state index is 12.3. The van der Waals surface area contributed by atoms with E-state index in [1.807, 2.05) is 30.5 Å². The van der Waals surface area contributed by atoms with E-state index < -0.39 is 24.1 Å². The average molecular weight is 356 g/mol. The van der Waals surface area contributed by atoms with Crippen molar-refractivity contribution in [1.82, 2.24) is 14.5 Å². The summed E-state index contributed by atoms with van der Waals surface area (Å²) in [5.41, 5.74) is 1.66. The molecule has 3 aromatic rings. The molecular formula is C18H20N4O4. The van der Waals surface area contributed by atoms with Crippen molar-refractivity contribution in [3.8, 4) is 0 Å². The summed E-state index contributed by atoms with van der Waals surface area (Å²) in [6.45, 7) is 0.251. The van der Waals surface area contributed by atoms with E-state index in [4.69, 9.17) is 9.84 Å². The highest BCUT2D eigenvalue weighted by Crippen LogP contribution is 2.27. The predicted octanol–water partition coefficient (Wildman–Crippen LogP) is 0.977. The summed E-state index contributed by atoms with van der Waals surface area (Å²) in [5.74, 6) is 0.468. The van der Waals surface area contributed by atoms with Crippen LogP contribution in [0.2, 0.25) is 0 Å². The number of rotatable bonds is 5. The number of aromatic nitrogens is 3. The summed E-state index contributed by atoms with van der Waals surface area (Å²) in [6.07, 6.45) is 1.64. The van der Waals surface area contributed by atoms with Gasteiger partial charge in [0, 0.05) is 30.9 Å². The molecule has 4 N–H and O–H groups in total. The lowest BCUT2D eigenvalue weighted by Gasteiger charge is -2.14. The number of anilines is 1. The van der Waals surface area contributed by atoms with Crippen molar-refractivity contribution < 1.29 is 14.9 Å². The molecule has 0 amide bonds. The fourth-order valence-electron chi connectivity index (χ4n) is 3.18. The zero-order chi connectivity index (χ0) is 18.1. The van der Waals surface area contributed by atoms with Gasteiger partial charge >= 0.3 is 5.69 Å². The minimum Gasteiger partial charge on any atom is -0.394 e. The summed E-state index contributed by atoms with van der Waals surface area (Å²) in [5, 5.41) is 23.2. The number of aliphatic hydroxyl groups is 2. The maximum atomic E-state index is 12.3. The highest BCUT2D eigenvalue weighted by molar-refractivity contribution is 5.79. The molecule has 8 nitrogen and oxygen atoms in total. The highest BCUT2D eigenvalue weighted by atomic mass is 16.5. The molecular weight excluding hydrogens is 336 g/mol. The van der Waals surface area contributed by atoms with Gasteiger partial charge in [-0.05, 0) is 29.1 Å². The van der Waals surface area contributed by atoms with Crippen LogP contribution < -0.4 is 11.0 Å². The van der Waals surface area contributed by atoms with Gasteiger partial charge in [-0.15, -0.1) is 0 Å². The van der Waals surface area contributed by atoms with E-state index >= 15 is 0 Å². The monoisotopic (exact) mass is 356 g/mol. The Hall–Kier alpha value is -2.68. The lowest BCUT2D eigenvalue weighted by Crippen LogP contribution is -2.28. The van der Waals surface area contributed by atoms with Gasteiger partial charge in [0.2, 0.25) is 0 Å². The minimum absolute atomic E-state index is 0.246. The second-order valence-corrected chi connectivity index (χ2v) is 6.37. The number of H-pyrrole nitrogens is 1. The Balaban J connectivity index is 1.45. The second kappa shape index (κ2) is 6.91. The predicted molar refractivity (Wildman–Crippen MR) is 95.7 cm³/mol. The molecule has 26 heavy (non-hydrogen) atoms. The number of benzene rings is 1. The first-order valence-corrected chi connectivity index (χ1v) is 8.47. The van der Waals surface area contributed by atoms with Gasteiger partial charge in [-0.25, -0.2) is 4.79 Å². The Bertz CT molecular complexity index is 967. The zero-order valence-corrected chi connectivity index (χ0v) is 14.0. The van der Waals surface area contributed by atoms with Crippen molar-refractivity contribution in [3.63, 3.8) is 0 Å². The molecule has 1 aliphatic heterocycles. The Morgan fingerprint density at radius 1 is 1.35 bits per heavy atom. The molecule has 0 unspecified atom stereocenters. The first-order chi connectivity index (χ1) is 12.6. The van der Waals surface area contributed by atoms with E-state index in [9.17, 15) is 9.90 Å². The summed E-state index contributed by atoms with van der Waals surface area (Å²) in [4.78, 5) is 19.5. The quantitative estimate of drug-likeness (QED) is 0.542. The zero-order valence-electron chi connectivity index (χ0n) is 14.0. The molecule has 0 saturated carbocycles. The van der Waals surface area contributed by atoms with Gasteiger partial charge in [-0.1, -0.05) is 12.1 Å². The molecule has 0 radical (unpaired) electrons. The van der Waals surface area contributed by atoms with Gasteiger partial charge in [0.25, 0.3) is 0 Å². The molecule has 3 atom stereocenters. The Kier molecular flexibility index (Phi) is 4.46. The Morgan fingerprint density at radius 2 is 2.23 bits per heavy atom. The first kappa shape index (κ1) is 16.8. The standard InChI is InChI=1S/C18H20N4O4/c23-10-15-14(24)8-17(26-15)22-6-4-16(21-18(22)25)20-9-11-1-2-12-3-5-19-13(12)7-11/h1-7,14-15,17,19,23-24H,8-10H2,(H,20,21,25)/t14-,15+,17+/m0/s1. The molecule has 1 aliphatic rings. The number of aliphatic hydroxyl groups excluding tert-OH is 2. The van der Waals surface area contributed by atoms with Crippen molar-refractivity contribution in [2.24, 2.45) is 0 Å². The largest absolute Gasteiger partial charge is 0.394 e. The second-order valence-electron chi connectivity index (χ2n) is 6.37. The molecule has 0 spiro atoms. The van der Waals surface area contributed by atoms with E-state index in [0.29, 0.717) is 12.4 Å². The molecule has 1 saturated heterocycles. The van der Waals surface area contributed by atoms with Crippen molar-refractivity contribution >= 4 is 16.7 Å². The molecule has 3 heterocycles. The Labute approximate surface area is 149 Å². The fourth-order valence-corrected chi connectivity index (χ4v) is 3.18. The topological polar surface area (TPSA) is 112 Å². The van der Waals surface area contributed by atoms with Gasteiger partial charge in [-0.3, -0.25) is 4.57 Å². The van der Waals surface area contributed by atoms with Gasteiger partial charge in [-0.2, -0.15) is 4.98 Å². The fraction of sp³-hybridized carbons (Fsp3) is 0.333. The molecule has 4 rings (SSSR count). The van der Waals surface area contributed by atoms with Crippen LogP contribution in [0.5, 0.6) is 0 Å². The summed E-state index contributed by atoms with van der Waals surface area (Å²) in [7, 11) is 0. The lowest BCUT2D eigenvalue weighted by atomic mass is 10.1. The van der Waals surface area contributed by atoms with Gasteiger partial charge in [0.1, 0.15) is 18.1 Å². The third-order valence-electron chi connectivity index (χ3n) is 4.62. The van der Waals surface area contributed by atoms with Crippen LogP contribution in [0, 0.1) is 0 Å². The van der Waals surface area contributed by atoms with Crippen LogP contribution in [0.15, 0.2) is 47.5 Å². The van der Waals surface area contributed by atoms with Crippen molar-refractivity contribution in [2.75, 3.05) is 11.9 Å². The van der Waals surface area contributed by atoms with Crippen LogP contribution in [-0.4, -0.2) is 43.6 Å². The van der Waals surface area contributed by atoms with E-state index in [0.717, 1.165) is 16.5 Å². The van der Waals surface area contributed by atoms with E-state index in [2.05, 4.69) is 15.3 Å².